The van der Waals surface area contributed by atoms with Gasteiger partial charge in [-0.2, -0.15) is 13.2 Å². The molecule has 0 spiro atoms. The zero-order valence-electron chi connectivity index (χ0n) is 8.34. The van der Waals surface area contributed by atoms with Crippen molar-refractivity contribution >= 4 is 12.1 Å². The van der Waals surface area contributed by atoms with Crippen LogP contribution in [-0.4, -0.2) is 37.0 Å². The van der Waals surface area contributed by atoms with E-state index in [2.05, 4.69) is 9.47 Å². The van der Waals surface area contributed by atoms with Gasteiger partial charge in [-0.15, -0.1) is 0 Å². The Hall–Kier alpha value is -1.47. The molecule has 2 atom stereocenters. The van der Waals surface area contributed by atoms with Crippen molar-refractivity contribution in [2.45, 2.75) is 31.7 Å². The first kappa shape index (κ1) is 12.6. The maximum absolute atomic E-state index is 12.1. The van der Waals surface area contributed by atoms with E-state index < -0.39 is 36.8 Å². The molecule has 1 heterocycles. The summed E-state index contributed by atoms with van der Waals surface area (Å²) in [6.07, 6.45) is -8.50. The summed E-state index contributed by atoms with van der Waals surface area (Å²) in [5.74, 6) is -0.928. The third-order valence-corrected chi connectivity index (χ3v) is 1.88. The number of amides is 1. The quantitative estimate of drug-likeness (QED) is 0.748. The van der Waals surface area contributed by atoms with Gasteiger partial charge in [-0.25, -0.2) is 9.59 Å². The van der Waals surface area contributed by atoms with E-state index in [1.165, 1.54) is 6.92 Å². The van der Waals surface area contributed by atoms with Gasteiger partial charge in [0.15, 0.2) is 6.04 Å². The van der Waals surface area contributed by atoms with E-state index in [-0.39, 0.29) is 6.61 Å². The van der Waals surface area contributed by atoms with Crippen LogP contribution in [0.4, 0.5) is 18.0 Å². The van der Waals surface area contributed by atoms with Crippen molar-refractivity contribution in [2.75, 3.05) is 6.61 Å². The topological polar surface area (TPSA) is 64.6 Å². The minimum absolute atomic E-state index is 0.0178. The number of carbonyl (C=O) groups is 2. The van der Waals surface area contributed by atoms with Gasteiger partial charge in [0, 0.05) is 0 Å². The van der Waals surface area contributed by atoms with Crippen molar-refractivity contribution in [1.82, 2.24) is 5.32 Å². The highest BCUT2D eigenvalue weighted by Crippen LogP contribution is 2.27. The van der Waals surface area contributed by atoms with Crippen molar-refractivity contribution in [1.29, 1.82) is 0 Å². The number of cyclic esters (lactones) is 1. The number of halogens is 3. The molecule has 0 aromatic carbocycles. The average Bonchev–Trinajstić information content (AvgIpc) is 2.44. The Morgan fingerprint density at radius 1 is 1.56 bits per heavy atom. The molecule has 0 bridgehead atoms. The summed E-state index contributed by atoms with van der Waals surface area (Å²) in [5, 5.41) is 1.98. The van der Waals surface area contributed by atoms with Gasteiger partial charge in [-0.1, -0.05) is 0 Å². The molecule has 1 amide bonds. The zero-order valence-corrected chi connectivity index (χ0v) is 8.34. The Balaban J connectivity index is 2.66. The maximum Gasteiger partial charge on any atom is 0.408 e. The van der Waals surface area contributed by atoms with Crippen LogP contribution in [0.1, 0.15) is 13.3 Å². The number of alkyl carbamates (subject to hydrolysis) is 1. The largest absolute Gasteiger partial charge is 0.464 e. The average molecular weight is 241 g/mol. The SMILES string of the molecule is CCOC(=O)[C@@H]1NC(=O)O[C@@H]1CC(F)(F)F. The molecule has 8 heteroatoms. The molecule has 5 nitrogen and oxygen atoms in total. The fourth-order valence-electron chi connectivity index (χ4n) is 1.29. The van der Waals surface area contributed by atoms with E-state index in [0.29, 0.717) is 0 Å². The van der Waals surface area contributed by atoms with E-state index in [1.807, 2.05) is 5.32 Å². The Morgan fingerprint density at radius 3 is 2.69 bits per heavy atom. The number of rotatable bonds is 3. The van der Waals surface area contributed by atoms with Gasteiger partial charge in [-0.05, 0) is 6.92 Å². The zero-order chi connectivity index (χ0) is 12.3. The highest BCUT2D eigenvalue weighted by molar-refractivity contribution is 5.84. The molecule has 1 aliphatic rings. The lowest BCUT2D eigenvalue weighted by Gasteiger charge is -2.16. The van der Waals surface area contributed by atoms with Crippen LogP contribution in [0.2, 0.25) is 0 Å². The third-order valence-electron chi connectivity index (χ3n) is 1.88. The van der Waals surface area contributed by atoms with Crippen LogP contribution in [0.5, 0.6) is 0 Å². The molecule has 1 saturated heterocycles. The van der Waals surface area contributed by atoms with E-state index in [9.17, 15) is 22.8 Å². The number of nitrogens with one attached hydrogen (secondary N) is 1. The first-order valence-corrected chi connectivity index (χ1v) is 4.54. The van der Waals surface area contributed by atoms with Crippen LogP contribution >= 0.6 is 0 Å². The van der Waals surface area contributed by atoms with E-state index >= 15 is 0 Å². The van der Waals surface area contributed by atoms with Crippen molar-refractivity contribution in [3.63, 3.8) is 0 Å². The van der Waals surface area contributed by atoms with Crippen LogP contribution in [0.3, 0.4) is 0 Å². The summed E-state index contributed by atoms with van der Waals surface area (Å²) >= 11 is 0. The maximum atomic E-state index is 12.1. The predicted octanol–water partition coefficient (Wildman–Crippen LogP) is 0.979. The summed E-state index contributed by atoms with van der Waals surface area (Å²) in [5.41, 5.74) is 0. The minimum Gasteiger partial charge on any atom is -0.464 e. The van der Waals surface area contributed by atoms with Gasteiger partial charge in [0.1, 0.15) is 6.10 Å². The minimum atomic E-state index is -4.51. The lowest BCUT2D eigenvalue weighted by Crippen LogP contribution is -2.42. The number of esters is 1. The molecule has 1 N–H and O–H groups in total. The normalized spacial score (nSPS) is 24.9. The van der Waals surface area contributed by atoms with Gasteiger partial charge >= 0.3 is 18.2 Å². The van der Waals surface area contributed by atoms with Gasteiger partial charge in [-0.3, -0.25) is 0 Å². The summed E-state index contributed by atoms with van der Waals surface area (Å²) < 4.78 is 45.1. The number of carbonyl (C=O) groups excluding carboxylic acids is 2. The second-order valence-corrected chi connectivity index (χ2v) is 3.14. The van der Waals surface area contributed by atoms with Gasteiger partial charge < -0.3 is 14.8 Å². The Bertz CT molecular complexity index is 291. The number of ether oxygens (including phenoxy) is 2. The number of hydrogen-bond donors (Lipinski definition) is 1. The van der Waals surface area contributed by atoms with E-state index in [4.69, 9.17) is 0 Å². The Labute approximate surface area is 88.9 Å². The summed E-state index contributed by atoms with van der Waals surface area (Å²) in [6.45, 7) is 1.53. The van der Waals surface area contributed by atoms with Crippen molar-refractivity contribution in [2.24, 2.45) is 0 Å². The summed E-state index contributed by atoms with van der Waals surface area (Å²) in [7, 11) is 0. The highest BCUT2D eigenvalue weighted by atomic mass is 19.4. The molecule has 92 valence electrons. The van der Waals surface area contributed by atoms with Crippen LogP contribution in [-0.2, 0) is 14.3 Å². The first-order valence-electron chi connectivity index (χ1n) is 4.54. The summed E-state index contributed by atoms with van der Waals surface area (Å²) in [4.78, 5) is 22.0. The second kappa shape index (κ2) is 4.58. The Morgan fingerprint density at radius 2 is 2.19 bits per heavy atom. The molecule has 16 heavy (non-hydrogen) atoms. The lowest BCUT2D eigenvalue weighted by molar-refractivity contribution is -0.160. The number of alkyl halides is 3. The molecule has 0 unspecified atom stereocenters. The van der Waals surface area contributed by atoms with Gasteiger partial charge in [0.25, 0.3) is 0 Å². The molecule has 0 radical (unpaired) electrons. The van der Waals surface area contributed by atoms with Gasteiger partial charge in [0.05, 0.1) is 13.0 Å². The van der Waals surface area contributed by atoms with Crippen LogP contribution in [0.15, 0.2) is 0 Å². The first-order chi connectivity index (χ1) is 7.33. The molecule has 1 fully saturated rings. The van der Waals surface area contributed by atoms with E-state index in [0.717, 1.165) is 0 Å². The monoisotopic (exact) mass is 241 g/mol. The molecule has 0 saturated carbocycles. The molecule has 1 rings (SSSR count). The van der Waals surface area contributed by atoms with E-state index in [1.54, 1.807) is 0 Å². The fraction of sp³-hybridized carbons (Fsp3) is 0.750. The second-order valence-electron chi connectivity index (χ2n) is 3.14. The summed E-state index contributed by atoms with van der Waals surface area (Å²) in [6, 6.07) is -1.39. The molecule has 0 aliphatic carbocycles. The third kappa shape index (κ3) is 3.28. The lowest BCUT2D eigenvalue weighted by atomic mass is 10.1. The highest BCUT2D eigenvalue weighted by Gasteiger charge is 2.46. The molecule has 0 aromatic rings. The molecular weight excluding hydrogens is 231 g/mol. The number of hydrogen-bond acceptors (Lipinski definition) is 4. The van der Waals surface area contributed by atoms with Crippen molar-refractivity contribution < 1.29 is 32.2 Å². The van der Waals surface area contributed by atoms with Crippen LogP contribution < -0.4 is 5.32 Å². The van der Waals surface area contributed by atoms with Crippen molar-refractivity contribution in [3.05, 3.63) is 0 Å². The van der Waals surface area contributed by atoms with Gasteiger partial charge in [0.2, 0.25) is 0 Å². The fourth-order valence-corrected chi connectivity index (χ4v) is 1.29. The molecule has 0 aromatic heterocycles. The van der Waals surface area contributed by atoms with Crippen LogP contribution in [0, 0.1) is 0 Å². The van der Waals surface area contributed by atoms with Crippen molar-refractivity contribution in [3.8, 4) is 0 Å². The predicted molar refractivity (Wildman–Crippen MR) is 44.5 cm³/mol. The standard InChI is InChI=1S/C8H10F3NO4/c1-2-15-6(13)5-4(3-8(9,10)11)16-7(14)12-5/h4-5H,2-3H2,1H3,(H,12,14)/t4-,5-/m1/s1. The van der Waals surface area contributed by atoms with Crippen LogP contribution in [0.25, 0.3) is 0 Å². The smallest absolute Gasteiger partial charge is 0.408 e. The Kier molecular flexibility index (Phi) is 3.61. The molecular formula is C8H10F3NO4. The molecule has 1 aliphatic heterocycles.